The maximum absolute atomic E-state index is 13.3. The van der Waals surface area contributed by atoms with Crippen LogP contribution in [0.5, 0.6) is 5.75 Å². The van der Waals surface area contributed by atoms with Gasteiger partial charge in [-0.3, -0.25) is 14.9 Å². The summed E-state index contributed by atoms with van der Waals surface area (Å²) in [7, 11) is 0. The van der Waals surface area contributed by atoms with Crippen molar-refractivity contribution in [2.75, 3.05) is 5.32 Å². The molecule has 0 saturated carbocycles. The zero-order chi connectivity index (χ0) is 17.7. The van der Waals surface area contributed by atoms with Crippen LogP contribution in [0, 0.1) is 27.3 Å². The first kappa shape index (κ1) is 16.9. The number of nitrogens with zero attached hydrogens (tertiary/aromatic N) is 2. The van der Waals surface area contributed by atoms with E-state index < -0.39 is 28.4 Å². The molecule has 0 aliphatic heterocycles. The lowest BCUT2D eigenvalue weighted by atomic mass is 10.2. The van der Waals surface area contributed by atoms with Crippen molar-refractivity contribution in [1.82, 2.24) is 0 Å². The molecule has 1 N–H and O–H groups in total. The van der Waals surface area contributed by atoms with Gasteiger partial charge < -0.3 is 10.1 Å². The van der Waals surface area contributed by atoms with E-state index in [1.165, 1.54) is 13.0 Å². The van der Waals surface area contributed by atoms with Crippen LogP contribution in [0.3, 0.4) is 0 Å². The van der Waals surface area contributed by atoms with E-state index in [0.717, 1.165) is 18.2 Å². The lowest BCUT2D eigenvalue weighted by Gasteiger charge is -2.15. The van der Waals surface area contributed by atoms with Crippen molar-refractivity contribution in [3.05, 3.63) is 64.0 Å². The van der Waals surface area contributed by atoms with Crippen LogP contribution in [0.15, 0.2) is 42.5 Å². The quantitative estimate of drug-likeness (QED) is 0.670. The Balaban J connectivity index is 2.13. The summed E-state index contributed by atoms with van der Waals surface area (Å²) in [6, 6.07) is 10.9. The molecule has 0 saturated heterocycles. The molecule has 0 bridgehead atoms. The average molecular weight is 329 g/mol. The van der Waals surface area contributed by atoms with E-state index in [9.17, 15) is 19.3 Å². The Morgan fingerprint density at radius 1 is 1.38 bits per heavy atom. The van der Waals surface area contributed by atoms with Gasteiger partial charge in [-0.2, -0.15) is 5.26 Å². The van der Waals surface area contributed by atoms with Crippen molar-refractivity contribution in [3.63, 3.8) is 0 Å². The number of nitro benzene ring substituents is 1. The van der Waals surface area contributed by atoms with Crippen LogP contribution in [0.2, 0.25) is 0 Å². The number of hydrogen-bond acceptors (Lipinski definition) is 5. The van der Waals surface area contributed by atoms with Gasteiger partial charge in [0.1, 0.15) is 5.82 Å². The maximum Gasteiger partial charge on any atom is 0.311 e. The van der Waals surface area contributed by atoms with Gasteiger partial charge in [0.25, 0.3) is 5.91 Å². The number of nitriles is 1. The number of halogens is 1. The van der Waals surface area contributed by atoms with E-state index in [2.05, 4.69) is 5.32 Å². The van der Waals surface area contributed by atoms with Gasteiger partial charge in [0.2, 0.25) is 5.75 Å². The van der Waals surface area contributed by atoms with E-state index >= 15 is 0 Å². The lowest BCUT2D eigenvalue weighted by Crippen LogP contribution is -2.30. The molecular formula is C16H12FN3O4. The fraction of sp³-hybridized carbons (Fsp3) is 0.125. The van der Waals surface area contributed by atoms with Gasteiger partial charge in [-0.05, 0) is 31.2 Å². The second-order valence-corrected chi connectivity index (χ2v) is 4.81. The van der Waals surface area contributed by atoms with Crippen LogP contribution in [0.4, 0.5) is 15.8 Å². The summed E-state index contributed by atoms with van der Waals surface area (Å²) in [4.78, 5) is 22.3. The Morgan fingerprint density at radius 3 is 2.79 bits per heavy atom. The second kappa shape index (κ2) is 7.19. The van der Waals surface area contributed by atoms with E-state index in [-0.39, 0.29) is 5.75 Å². The first-order chi connectivity index (χ1) is 11.4. The third-order valence-corrected chi connectivity index (χ3v) is 3.05. The van der Waals surface area contributed by atoms with E-state index in [4.69, 9.17) is 10.00 Å². The average Bonchev–Trinajstić information content (AvgIpc) is 2.54. The predicted molar refractivity (Wildman–Crippen MR) is 82.9 cm³/mol. The molecule has 1 unspecified atom stereocenters. The molecule has 0 fully saturated rings. The third-order valence-electron chi connectivity index (χ3n) is 3.05. The molecular weight excluding hydrogens is 317 g/mol. The van der Waals surface area contributed by atoms with E-state index in [0.29, 0.717) is 11.3 Å². The highest BCUT2D eigenvalue weighted by Crippen LogP contribution is 2.28. The van der Waals surface area contributed by atoms with Gasteiger partial charge in [0.15, 0.2) is 6.10 Å². The smallest absolute Gasteiger partial charge is 0.311 e. The van der Waals surface area contributed by atoms with Gasteiger partial charge in [0.05, 0.1) is 16.6 Å². The van der Waals surface area contributed by atoms with Crippen LogP contribution >= 0.6 is 0 Å². The number of amides is 1. The van der Waals surface area contributed by atoms with Crippen molar-refractivity contribution in [2.45, 2.75) is 13.0 Å². The number of rotatable bonds is 5. The van der Waals surface area contributed by atoms with Gasteiger partial charge in [-0.1, -0.05) is 6.07 Å². The Kier molecular flexibility index (Phi) is 5.06. The normalized spacial score (nSPS) is 11.2. The molecule has 2 aromatic rings. The van der Waals surface area contributed by atoms with Crippen LogP contribution in [-0.2, 0) is 4.79 Å². The van der Waals surface area contributed by atoms with Crippen molar-refractivity contribution in [1.29, 1.82) is 5.26 Å². The molecule has 0 heterocycles. The molecule has 24 heavy (non-hydrogen) atoms. The van der Waals surface area contributed by atoms with Crippen molar-refractivity contribution < 1.29 is 18.8 Å². The lowest BCUT2D eigenvalue weighted by molar-refractivity contribution is -0.386. The minimum Gasteiger partial charge on any atom is -0.474 e. The zero-order valence-corrected chi connectivity index (χ0v) is 12.5. The highest BCUT2D eigenvalue weighted by atomic mass is 19.1. The standard InChI is InChI=1S/C16H12FN3O4/c1-10(16(21)19-13-4-2-3-11(7-13)9-18)24-15-8-12(17)5-6-14(15)20(22)23/h2-8,10H,1H3,(H,19,21). The number of anilines is 1. The Hall–Kier alpha value is -3.47. The molecule has 1 amide bonds. The Morgan fingerprint density at radius 2 is 2.12 bits per heavy atom. The number of carbonyl (C=O) groups is 1. The highest BCUT2D eigenvalue weighted by molar-refractivity contribution is 5.94. The summed E-state index contributed by atoms with van der Waals surface area (Å²) in [6.07, 6.45) is -1.11. The van der Waals surface area contributed by atoms with Gasteiger partial charge in [0, 0.05) is 17.8 Å². The summed E-state index contributed by atoms with van der Waals surface area (Å²) in [5.74, 6) is -1.65. The number of nitrogens with one attached hydrogen (secondary N) is 1. The molecule has 2 rings (SSSR count). The third kappa shape index (κ3) is 4.04. The number of hydrogen-bond donors (Lipinski definition) is 1. The molecule has 7 nitrogen and oxygen atoms in total. The van der Waals surface area contributed by atoms with Gasteiger partial charge in [-0.25, -0.2) is 4.39 Å². The molecule has 2 aromatic carbocycles. The van der Waals surface area contributed by atoms with Crippen molar-refractivity contribution >= 4 is 17.3 Å². The summed E-state index contributed by atoms with van der Waals surface area (Å²) in [6.45, 7) is 1.37. The fourth-order valence-corrected chi connectivity index (χ4v) is 1.89. The van der Waals surface area contributed by atoms with Crippen LogP contribution in [0.25, 0.3) is 0 Å². The monoisotopic (exact) mass is 329 g/mol. The number of nitro groups is 1. The largest absolute Gasteiger partial charge is 0.474 e. The minimum absolute atomic E-state index is 0.339. The predicted octanol–water partition coefficient (Wildman–Crippen LogP) is 3.01. The van der Waals surface area contributed by atoms with Crippen molar-refractivity contribution in [3.8, 4) is 11.8 Å². The second-order valence-electron chi connectivity index (χ2n) is 4.81. The molecule has 0 aromatic heterocycles. The topological polar surface area (TPSA) is 105 Å². The maximum atomic E-state index is 13.3. The molecule has 0 aliphatic rings. The molecule has 122 valence electrons. The zero-order valence-electron chi connectivity index (χ0n) is 12.5. The molecule has 0 aliphatic carbocycles. The van der Waals surface area contributed by atoms with E-state index in [1.54, 1.807) is 18.2 Å². The fourth-order valence-electron chi connectivity index (χ4n) is 1.89. The number of ether oxygens (including phenoxy) is 1. The summed E-state index contributed by atoms with van der Waals surface area (Å²) in [5, 5.41) is 22.3. The first-order valence-corrected chi connectivity index (χ1v) is 6.82. The van der Waals surface area contributed by atoms with Gasteiger partial charge in [-0.15, -0.1) is 0 Å². The number of carbonyl (C=O) groups excluding carboxylic acids is 1. The highest BCUT2D eigenvalue weighted by Gasteiger charge is 2.22. The molecule has 8 heteroatoms. The molecule has 1 atom stereocenters. The Labute approximate surface area is 136 Å². The Bertz CT molecular complexity index is 832. The first-order valence-electron chi connectivity index (χ1n) is 6.82. The van der Waals surface area contributed by atoms with Crippen LogP contribution in [-0.4, -0.2) is 16.9 Å². The van der Waals surface area contributed by atoms with Crippen LogP contribution < -0.4 is 10.1 Å². The van der Waals surface area contributed by atoms with Crippen molar-refractivity contribution in [2.24, 2.45) is 0 Å². The number of benzene rings is 2. The summed E-state index contributed by atoms with van der Waals surface area (Å²) < 4.78 is 18.5. The van der Waals surface area contributed by atoms with Gasteiger partial charge >= 0.3 is 5.69 Å². The summed E-state index contributed by atoms with van der Waals surface area (Å²) in [5.41, 5.74) is 0.299. The molecule has 0 spiro atoms. The van der Waals surface area contributed by atoms with Crippen LogP contribution in [0.1, 0.15) is 12.5 Å². The summed E-state index contributed by atoms with van der Waals surface area (Å²) >= 11 is 0. The minimum atomic E-state index is -1.11. The SMILES string of the molecule is CC(Oc1cc(F)ccc1[N+](=O)[O-])C(=O)Nc1cccc(C#N)c1. The molecule has 0 radical (unpaired) electrons. The van der Waals surface area contributed by atoms with E-state index in [1.807, 2.05) is 6.07 Å².